The second-order valence-electron chi connectivity index (χ2n) is 7.62. The van der Waals surface area contributed by atoms with E-state index in [1.54, 1.807) is 36.4 Å². The molecular formula is C23H15Cl2N3O5. The Bertz CT molecular complexity index is 1290. The standard InChI is InChI=1S/C23H15Cl2N3O5/c24-17-10-9-15(12-18(17)25)26-22(29)19-20(13-5-4-8-16(11-13)28(31)32)27(33-21(19)23(26)30)14-6-2-1-3-7-14/h1-12,19-21H/t19-,20+,21-/m1/s1. The molecule has 8 nitrogen and oxygen atoms in total. The van der Waals surface area contributed by atoms with E-state index in [1.807, 2.05) is 6.07 Å². The van der Waals surface area contributed by atoms with E-state index in [-0.39, 0.29) is 16.4 Å². The smallest absolute Gasteiger partial charge is 0.269 e. The maximum absolute atomic E-state index is 13.6. The number of amides is 2. The second-order valence-corrected chi connectivity index (χ2v) is 8.43. The predicted molar refractivity (Wildman–Crippen MR) is 122 cm³/mol. The van der Waals surface area contributed by atoms with E-state index in [2.05, 4.69) is 0 Å². The minimum absolute atomic E-state index is 0.123. The normalized spacial score (nSPS) is 22.1. The fourth-order valence-electron chi connectivity index (χ4n) is 4.25. The zero-order valence-corrected chi connectivity index (χ0v) is 18.3. The van der Waals surface area contributed by atoms with Gasteiger partial charge in [0.05, 0.1) is 32.4 Å². The number of para-hydroxylation sites is 1. The van der Waals surface area contributed by atoms with Crippen LogP contribution in [0.15, 0.2) is 72.8 Å². The molecular weight excluding hydrogens is 469 g/mol. The van der Waals surface area contributed by atoms with Crippen LogP contribution in [0.25, 0.3) is 0 Å². The number of imide groups is 1. The Morgan fingerprint density at radius 2 is 1.61 bits per heavy atom. The van der Waals surface area contributed by atoms with Crippen LogP contribution in [0.1, 0.15) is 11.6 Å². The van der Waals surface area contributed by atoms with Crippen molar-refractivity contribution in [3.63, 3.8) is 0 Å². The molecule has 0 aromatic heterocycles. The van der Waals surface area contributed by atoms with E-state index in [4.69, 9.17) is 28.0 Å². The molecule has 33 heavy (non-hydrogen) atoms. The summed E-state index contributed by atoms with van der Waals surface area (Å²) in [5.74, 6) is -1.95. The number of hydroxylamine groups is 1. The molecule has 0 saturated carbocycles. The Kier molecular flexibility index (Phi) is 5.28. The predicted octanol–water partition coefficient (Wildman–Crippen LogP) is 4.95. The third kappa shape index (κ3) is 3.52. The lowest BCUT2D eigenvalue weighted by atomic mass is 9.90. The van der Waals surface area contributed by atoms with Crippen molar-refractivity contribution < 1.29 is 19.3 Å². The van der Waals surface area contributed by atoms with Gasteiger partial charge in [-0.2, -0.15) is 0 Å². The van der Waals surface area contributed by atoms with Gasteiger partial charge < -0.3 is 0 Å². The first kappa shape index (κ1) is 21.4. The number of carbonyl (C=O) groups excluding carboxylic acids is 2. The highest BCUT2D eigenvalue weighted by molar-refractivity contribution is 6.42. The molecule has 2 saturated heterocycles. The molecule has 2 aliphatic rings. The van der Waals surface area contributed by atoms with Gasteiger partial charge in [-0.1, -0.05) is 53.5 Å². The summed E-state index contributed by atoms with van der Waals surface area (Å²) in [7, 11) is 0. The summed E-state index contributed by atoms with van der Waals surface area (Å²) < 4.78 is 0. The lowest BCUT2D eigenvalue weighted by molar-refractivity contribution is -0.384. The summed E-state index contributed by atoms with van der Waals surface area (Å²) in [6.45, 7) is 0. The van der Waals surface area contributed by atoms with E-state index in [0.717, 1.165) is 4.90 Å². The third-order valence-electron chi connectivity index (χ3n) is 5.71. The molecule has 166 valence electrons. The van der Waals surface area contributed by atoms with Gasteiger partial charge in [0.1, 0.15) is 5.92 Å². The molecule has 3 aromatic carbocycles. The molecule has 2 heterocycles. The van der Waals surface area contributed by atoms with Crippen molar-refractivity contribution in [1.82, 2.24) is 0 Å². The first-order chi connectivity index (χ1) is 15.9. The summed E-state index contributed by atoms with van der Waals surface area (Å²) in [6, 6.07) is 18.7. The average molecular weight is 484 g/mol. The summed E-state index contributed by atoms with van der Waals surface area (Å²) in [6.07, 6.45) is -1.10. The zero-order chi connectivity index (χ0) is 23.3. The number of nitro benzene ring substituents is 1. The van der Waals surface area contributed by atoms with Crippen molar-refractivity contribution >= 4 is 52.1 Å². The van der Waals surface area contributed by atoms with Crippen LogP contribution in [0.2, 0.25) is 10.0 Å². The first-order valence-corrected chi connectivity index (χ1v) is 10.7. The Morgan fingerprint density at radius 3 is 2.30 bits per heavy atom. The fourth-order valence-corrected chi connectivity index (χ4v) is 4.55. The Balaban J connectivity index is 1.60. The Hall–Kier alpha value is -3.46. The van der Waals surface area contributed by atoms with Crippen LogP contribution in [-0.4, -0.2) is 22.8 Å². The number of carbonyl (C=O) groups is 2. The molecule has 0 spiro atoms. The topological polar surface area (TPSA) is 93.0 Å². The van der Waals surface area contributed by atoms with Gasteiger partial charge in [0.15, 0.2) is 6.10 Å². The van der Waals surface area contributed by atoms with Gasteiger partial charge in [0.2, 0.25) is 5.91 Å². The lowest BCUT2D eigenvalue weighted by Gasteiger charge is -2.28. The molecule has 5 rings (SSSR count). The van der Waals surface area contributed by atoms with Crippen molar-refractivity contribution in [3.05, 3.63) is 98.5 Å². The van der Waals surface area contributed by atoms with Crippen molar-refractivity contribution in [2.45, 2.75) is 12.1 Å². The quantitative estimate of drug-likeness (QED) is 0.296. The number of hydrogen-bond donors (Lipinski definition) is 0. The number of benzene rings is 3. The van der Waals surface area contributed by atoms with Crippen LogP contribution >= 0.6 is 23.2 Å². The van der Waals surface area contributed by atoms with Gasteiger partial charge in [-0.25, -0.2) is 9.96 Å². The first-order valence-electron chi connectivity index (χ1n) is 9.95. The number of hydrogen-bond acceptors (Lipinski definition) is 6. The van der Waals surface area contributed by atoms with Crippen molar-refractivity contribution in [2.75, 3.05) is 9.96 Å². The highest BCUT2D eigenvalue weighted by Gasteiger charge is 2.60. The van der Waals surface area contributed by atoms with Crippen LogP contribution in [0.3, 0.4) is 0 Å². The molecule has 0 unspecified atom stereocenters. The van der Waals surface area contributed by atoms with Crippen molar-refractivity contribution in [1.29, 1.82) is 0 Å². The molecule has 2 fully saturated rings. The molecule has 10 heteroatoms. The summed E-state index contributed by atoms with van der Waals surface area (Å²) in [5.41, 5.74) is 1.26. The number of nitrogens with zero attached hydrogens (tertiary/aromatic N) is 3. The largest absolute Gasteiger partial charge is 0.273 e. The van der Waals surface area contributed by atoms with Gasteiger partial charge in [-0.3, -0.25) is 24.5 Å². The van der Waals surface area contributed by atoms with E-state index in [9.17, 15) is 19.7 Å². The molecule has 0 bridgehead atoms. The van der Waals surface area contributed by atoms with Crippen LogP contribution in [-0.2, 0) is 14.4 Å². The van der Waals surface area contributed by atoms with Gasteiger partial charge in [-0.05, 0) is 35.9 Å². The van der Waals surface area contributed by atoms with E-state index in [0.29, 0.717) is 16.3 Å². The van der Waals surface area contributed by atoms with Crippen LogP contribution in [0.5, 0.6) is 0 Å². The minimum Gasteiger partial charge on any atom is -0.273 e. The number of halogens is 2. The van der Waals surface area contributed by atoms with Crippen LogP contribution < -0.4 is 9.96 Å². The van der Waals surface area contributed by atoms with Crippen LogP contribution in [0, 0.1) is 16.0 Å². The van der Waals surface area contributed by atoms with E-state index in [1.165, 1.54) is 35.4 Å². The van der Waals surface area contributed by atoms with Gasteiger partial charge in [-0.15, -0.1) is 0 Å². The fraction of sp³-hybridized carbons (Fsp3) is 0.130. The number of fused-ring (bicyclic) bond motifs is 1. The van der Waals surface area contributed by atoms with E-state index >= 15 is 0 Å². The SMILES string of the molecule is O=C1[C@H]2[C@@H](ON(c3ccccc3)[C@H]2c2cccc([N+](=O)[O-])c2)C(=O)N1c1ccc(Cl)c(Cl)c1. The Morgan fingerprint density at radius 1 is 0.848 bits per heavy atom. The number of rotatable bonds is 4. The maximum Gasteiger partial charge on any atom is 0.269 e. The molecule has 2 amide bonds. The van der Waals surface area contributed by atoms with Crippen molar-refractivity contribution in [3.8, 4) is 0 Å². The molecule has 3 aromatic rings. The molecule has 0 N–H and O–H groups in total. The van der Waals surface area contributed by atoms with Gasteiger partial charge >= 0.3 is 0 Å². The average Bonchev–Trinajstić information content (AvgIpc) is 3.32. The van der Waals surface area contributed by atoms with E-state index < -0.39 is 34.8 Å². The number of nitro groups is 1. The zero-order valence-electron chi connectivity index (χ0n) is 16.8. The molecule has 3 atom stereocenters. The molecule has 2 aliphatic heterocycles. The van der Waals surface area contributed by atoms with Gasteiger partial charge in [0, 0.05) is 12.1 Å². The highest BCUT2D eigenvalue weighted by atomic mass is 35.5. The van der Waals surface area contributed by atoms with Crippen LogP contribution in [0.4, 0.5) is 17.1 Å². The number of non-ortho nitro benzene ring substituents is 1. The minimum atomic E-state index is -1.10. The third-order valence-corrected chi connectivity index (χ3v) is 6.45. The lowest BCUT2D eigenvalue weighted by Crippen LogP contribution is -2.37. The highest BCUT2D eigenvalue weighted by Crippen LogP contribution is 2.48. The maximum atomic E-state index is 13.6. The molecule has 0 aliphatic carbocycles. The monoisotopic (exact) mass is 483 g/mol. The van der Waals surface area contributed by atoms with Crippen molar-refractivity contribution in [2.24, 2.45) is 5.92 Å². The molecule has 0 radical (unpaired) electrons. The van der Waals surface area contributed by atoms with Gasteiger partial charge in [0.25, 0.3) is 11.6 Å². The summed E-state index contributed by atoms with van der Waals surface area (Å²) in [4.78, 5) is 44.8. The Labute approximate surface area is 198 Å². The summed E-state index contributed by atoms with van der Waals surface area (Å²) in [5, 5.41) is 13.3. The number of anilines is 2. The summed E-state index contributed by atoms with van der Waals surface area (Å²) >= 11 is 12.1. The second kappa shape index (κ2) is 8.15.